The molecular formula is C14H22N2O2. The molecule has 100 valence electrons. The van der Waals surface area contributed by atoms with Gasteiger partial charge in [-0.25, -0.2) is 0 Å². The third-order valence-electron chi connectivity index (χ3n) is 2.49. The molecule has 0 bridgehead atoms. The molecule has 0 heterocycles. The fourth-order valence-corrected chi connectivity index (χ4v) is 1.56. The molecule has 1 aromatic carbocycles. The second-order valence-corrected chi connectivity index (χ2v) is 4.15. The second kappa shape index (κ2) is 8.66. The topological polar surface area (TPSA) is 64.3 Å². The van der Waals surface area contributed by atoms with E-state index in [1.807, 2.05) is 31.2 Å². The number of nitrogens with two attached hydrogens (primary N) is 1. The van der Waals surface area contributed by atoms with E-state index in [0.29, 0.717) is 26.2 Å². The number of carbonyl (C=O) groups excluding carboxylic acids is 1. The number of benzene rings is 1. The molecule has 0 aliphatic heterocycles. The van der Waals surface area contributed by atoms with Crippen molar-refractivity contribution < 1.29 is 9.53 Å². The van der Waals surface area contributed by atoms with E-state index in [-0.39, 0.29) is 5.91 Å². The fraction of sp³-hybridized carbons (Fsp3) is 0.500. The van der Waals surface area contributed by atoms with E-state index in [0.717, 1.165) is 18.5 Å². The van der Waals surface area contributed by atoms with Crippen LogP contribution in [0.15, 0.2) is 24.3 Å². The lowest BCUT2D eigenvalue weighted by molar-refractivity contribution is -0.117. The van der Waals surface area contributed by atoms with Crippen molar-refractivity contribution in [3.05, 3.63) is 29.8 Å². The van der Waals surface area contributed by atoms with Gasteiger partial charge in [-0.2, -0.15) is 0 Å². The number of amides is 1. The van der Waals surface area contributed by atoms with Crippen LogP contribution in [0.2, 0.25) is 0 Å². The van der Waals surface area contributed by atoms with Gasteiger partial charge in [0.1, 0.15) is 0 Å². The monoisotopic (exact) mass is 250 g/mol. The van der Waals surface area contributed by atoms with E-state index >= 15 is 0 Å². The van der Waals surface area contributed by atoms with Crippen molar-refractivity contribution in [2.24, 2.45) is 5.73 Å². The Balaban J connectivity index is 2.30. The van der Waals surface area contributed by atoms with Gasteiger partial charge in [0.25, 0.3) is 0 Å². The minimum Gasteiger partial charge on any atom is -0.381 e. The van der Waals surface area contributed by atoms with Crippen LogP contribution < -0.4 is 11.1 Å². The van der Waals surface area contributed by atoms with E-state index in [2.05, 4.69) is 5.32 Å². The zero-order chi connectivity index (χ0) is 13.2. The van der Waals surface area contributed by atoms with Crippen molar-refractivity contribution in [1.82, 2.24) is 0 Å². The Labute approximate surface area is 109 Å². The number of hydrogen-bond donors (Lipinski definition) is 2. The van der Waals surface area contributed by atoms with Crippen LogP contribution in [0, 0.1) is 0 Å². The lowest BCUT2D eigenvalue weighted by Crippen LogP contribution is -2.14. The normalized spacial score (nSPS) is 10.3. The quantitative estimate of drug-likeness (QED) is 0.693. The molecule has 3 N–H and O–H groups in total. The third kappa shape index (κ3) is 5.80. The van der Waals surface area contributed by atoms with Crippen LogP contribution in [0.3, 0.4) is 0 Å². The predicted molar refractivity (Wildman–Crippen MR) is 73.6 cm³/mol. The largest absolute Gasteiger partial charge is 0.381 e. The highest BCUT2D eigenvalue weighted by atomic mass is 16.5. The van der Waals surface area contributed by atoms with Gasteiger partial charge < -0.3 is 15.8 Å². The molecule has 18 heavy (non-hydrogen) atoms. The van der Waals surface area contributed by atoms with Gasteiger partial charge >= 0.3 is 0 Å². The summed E-state index contributed by atoms with van der Waals surface area (Å²) in [5.41, 5.74) is 7.47. The first kappa shape index (κ1) is 14.7. The molecule has 0 aliphatic carbocycles. The van der Waals surface area contributed by atoms with Crippen LogP contribution in [0.25, 0.3) is 0 Å². The molecule has 4 heteroatoms. The molecule has 0 saturated heterocycles. The first-order valence-corrected chi connectivity index (χ1v) is 6.43. The fourth-order valence-electron chi connectivity index (χ4n) is 1.56. The molecule has 0 aliphatic rings. The lowest BCUT2D eigenvalue weighted by Gasteiger charge is -2.06. The summed E-state index contributed by atoms with van der Waals surface area (Å²) in [4.78, 5) is 11.6. The van der Waals surface area contributed by atoms with Crippen molar-refractivity contribution >= 4 is 11.6 Å². The lowest BCUT2D eigenvalue weighted by atomic mass is 10.1. The zero-order valence-electron chi connectivity index (χ0n) is 10.9. The molecule has 0 unspecified atom stereocenters. The van der Waals surface area contributed by atoms with Crippen molar-refractivity contribution in [2.75, 3.05) is 25.1 Å². The van der Waals surface area contributed by atoms with Crippen molar-refractivity contribution in [3.8, 4) is 0 Å². The Kier molecular flexibility index (Phi) is 7.06. The Morgan fingerprint density at radius 2 is 2.00 bits per heavy atom. The highest BCUT2D eigenvalue weighted by Crippen LogP contribution is 2.10. The van der Waals surface area contributed by atoms with Gasteiger partial charge in [0.05, 0.1) is 13.0 Å². The standard InChI is InChI=1S/C14H22N2O2/c1-2-10-18-11-8-14(17)16-13-5-3-12(4-6-13)7-9-15/h3-6H,2,7-11,15H2,1H3,(H,16,17). The van der Waals surface area contributed by atoms with E-state index in [4.69, 9.17) is 10.5 Å². The van der Waals surface area contributed by atoms with Gasteiger partial charge in [-0.05, 0) is 37.1 Å². The van der Waals surface area contributed by atoms with Crippen molar-refractivity contribution in [1.29, 1.82) is 0 Å². The number of nitrogens with one attached hydrogen (secondary N) is 1. The van der Waals surface area contributed by atoms with Gasteiger partial charge in [0.2, 0.25) is 5.91 Å². The molecule has 0 radical (unpaired) electrons. The summed E-state index contributed by atoms with van der Waals surface area (Å²) in [5, 5.41) is 2.84. The number of rotatable bonds is 8. The highest BCUT2D eigenvalue weighted by molar-refractivity contribution is 5.90. The Hall–Kier alpha value is -1.39. The Morgan fingerprint density at radius 3 is 2.61 bits per heavy atom. The minimum atomic E-state index is -0.0160. The van der Waals surface area contributed by atoms with Crippen LogP contribution in [-0.4, -0.2) is 25.7 Å². The average molecular weight is 250 g/mol. The smallest absolute Gasteiger partial charge is 0.226 e. The molecule has 0 saturated carbocycles. The summed E-state index contributed by atoms with van der Waals surface area (Å²) in [5.74, 6) is -0.0160. The molecule has 1 amide bonds. The SMILES string of the molecule is CCCOCCC(=O)Nc1ccc(CCN)cc1. The first-order valence-electron chi connectivity index (χ1n) is 6.43. The van der Waals surface area contributed by atoms with E-state index in [1.54, 1.807) is 0 Å². The molecule has 0 fully saturated rings. The second-order valence-electron chi connectivity index (χ2n) is 4.15. The number of anilines is 1. The first-order chi connectivity index (χ1) is 8.76. The maximum Gasteiger partial charge on any atom is 0.226 e. The maximum absolute atomic E-state index is 11.6. The molecule has 0 spiro atoms. The van der Waals surface area contributed by atoms with E-state index in [9.17, 15) is 4.79 Å². The summed E-state index contributed by atoms with van der Waals surface area (Å²) < 4.78 is 5.27. The van der Waals surface area contributed by atoms with Crippen molar-refractivity contribution in [2.45, 2.75) is 26.2 Å². The summed E-state index contributed by atoms with van der Waals surface area (Å²) >= 11 is 0. The van der Waals surface area contributed by atoms with Gasteiger partial charge in [0.15, 0.2) is 0 Å². The number of carbonyl (C=O) groups is 1. The van der Waals surface area contributed by atoms with Gasteiger partial charge in [-0.3, -0.25) is 4.79 Å². The van der Waals surface area contributed by atoms with Crippen LogP contribution in [0.1, 0.15) is 25.3 Å². The van der Waals surface area contributed by atoms with Crippen LogP contribution in [0.5, 0.6) is 0 Å². The molecule has 1 aromatic rings. The van der Waals surface area contributed by atoms with Gasteiger partial charge in [0, 0.05) is 12.3 Å². The van der Waals surface area contributed by atoms with Crippen LogP contribution >= 0.6 is 0 Å². The van der Waals surface area contributed by atoms with Gasteiger partial charge in [-0.1, -0.05) is 19.1 Å². The maximum atomic E-state index is 11.6. The van der Waals surface area contributed by atoms with Crippen molar-refractivity contribution in [3.63, 3.8) is 0 Å². The molecule has 0 aromatic heterocycles. The minimum absolute atomic E-state index is 0.0160. The van der Waals surface area contributed by atoms with E-state index in [1.165, 1.54) is 5.56 Å². The Bertz CT molecular complexity index is 349. The Morgan fingerprint density at radius 1 is 1.28 bits per heavy atom. The number of hydrogen-bond acceptors (Lipinski definition) is 3. The highest BCUT2D eigenvalue weighted by Gasteiger charge is 2.02. The van der Waals surface area contributed by atoms with Crippen LogP contribution in [-0.2, 0) is 16.0 Å². The average Bonchev–Trinajstić information content (AvgIpc) is 2.37. The summed E-state index contributed by atoms with van der Waals surface area (Å²) in [6, 6.07) is 7.76. The summed E-state index contributed by atoms with van der Waals surface area (Å²) in [7, 11) is 0. The molecule has 4 nitrogen and oxygen atoms in total. The van der Waals surface area contributed by atoms with Gasteiger partial charge in [-0.15, -0.1) is 0 Å². The predicted octanol–water partition coefficient (Wildman–Crippen LogP) is 1.94. The summed E-state index contributed by atoms with van der Waals surface area (Å²) in [6.07, 6.45) is 2.23. The number of ether oxygens (including phenoxy) is 1. The molecular weight excluding hydrogens is 228 g/mol. The third-order valence-corrected chi connectivity index (χ3v) is 2.49. The molecule has 1 rings (SSSR count). The zero-order valence-corrected chi connectivity index (χ0v) is 10.9. The van der Waals surface area contributed by atoms with E-state index < -0.39 is 0 Å². The van der Waals surface area contributed by atoms with Crippen LogP contribution in [0.4, 0.5) is 5.69 Å². The summed E-state index contributed by atoms with van der Waals surface area (Å²) in [6.45, 7) is 3.87. The molecule has 0 atom stereocenters.